The molecule has 7 nitrogen and oxygen atoms in total. The number of rotatable bonds is 6. The summed E-state index contributed by atoms with van der Waals surface area (Å²) in [5.74, 6) is 2.27. The van der Waals surface area contributed by atoms with Crippen molar-refractivity contribution < 1.29 is 9.15 Å². The van der Waals surface area contributed by atoms with Gasteiger partial charge in [-0.2, -0.15) is 0 Å². The SMILES string of the molecule is CN=C(NCc1coc(-c2ccccc2)n1)NC1CCCN(c2cccc(OC)c2)C1.I. The molecule has 0 radical (unpaired) electrons. The summed E-state index contributed by atoms with van der Waals surface area (Å²) in [6.07, 6.45) is 3.91. The maximum absolute atomic E-state index is 5.62. The maximum atomic E-state index is 5.62. The molecule has 2 aromatic carbocycles. The molecule has 0 saturated carbocycles. The number of nitrogens with one attached hydrogen (secondary N) is 2. The molecule has 3 aromatic rings. The van der Waals surface area contributed by atoms with Gasteiger partial charge in [-0.05, 0) is 37.1 Å². The summed E-state index contributed by atoms with van der Waals surface area (Å²) in [5, 5.41) is 6.90. The Kier molecular flexibility index (Phi) is 8.78. The molecule has 4 rings (SSSR count). The molecule has 0 bridgehead atoms. The van der Waals surface area contributed by atoms with E-state index in [1.54, 1.807) is 20.4 Å². The zero-order valence-electron chi connectivity index (χ0n) is 18.5. The quantitative estimate of drug-likeness (QED) is 0.273. The van der Waals surface area contributed by atoms with E-state index in [4.69, 9.17) is 9.15 Å². The van der Waals surface area contributed by atoms with Gasteiger partial charge in [0.05, 0.1) is 19.3 Å². The molecular weight excluding hydrogens is 517 g/mol. The van der Waals surface area contributed by atoms with E-state index in [1.807, 2.05) is 42.5 Å². The second-order valence-electron chi connectivity index (χ2n) is 7.57. The lowest BCUT2D eigenvalue weighted by atomic mass is 10.0. The van der Waals surface area contributed by atoms with Crippen LogP contribution in [0.3, 0.4) is 0 Å². The molecule has 0 aliphatic carbocycles. The predicted octanol–water partition coefficient (Wildman–Crippen LogP) is 4.30. The monoisotopic (exact) mass is 547 g/mol. The highest BCUT2D eigenvalue weighted by molar-refractivity contribution is 14.0. The molecule has 8 heteroatoms. The van der Waals surface area contributed by atoms with Gasteiger partial charge in [0.15, 0.2) is 5.96 Å². The van der Waals surface area contributed by atoms with Crippen LogP contribution in [0.1, 0.15) is 18.5 Å². The van der Waals surface area contributed by atoms with Crippen LogP contribution in [0, 0.1) is 0 Å². The number of nitrogens with zero attached hydrogens (tertiary/aromatic N) is 3. The first-order valence-corrected chi connectivity index (χ1v) is 10.6. The number of aliphatic imine (C=N–C) groups is 1. The van der Waals surface area contributed by atoms with Crippen LogP contribution in [0.4, 0.5) is 5.69 Å². The lowest BCUT2D eigenvalue weighted by Gasteiger charge is -2.35. The van der Waals surface area contributed by atoms with E-state index in [1.165, 1.54) is 5.69 Å². The van der Waals surface area contributed by atoms with Crippen LogP contribution in [0.15, 0.2) is 70.3 Å². The molecule has 1 fully saturated rings. The number of oxazole rings is 1. The van der Waals surface area contributed by atoms with E-state index in [2.05, 4.69) is 37.6 Å². The van der Waals surface area contributed by atoms with E-state index in [0.717, 1.165) is 48.9 Å². The van der Waals surface area contributed by atoms with Gasteiger partial charge < -0.3 is 24.7 Å². The van der Waals surface area contributed by atoms with Gasteiger partial charge in [0, 0.05) is 43.5 Å². The predicted molar refractivity (Wildman–Crippen MR) is 139 cm³/mol. The molecule has 2 N–H and O–H groups in total. The first-order valence-electron chi connectivity index (χ1n) is 10.6. The fraction of sp³-hybridized carbons (Fsp3) is 0.333. The van der Waals surface area contributed by atoms with Gasteiger partial charge in [-0.1, -0.05) is 24.3 Å². The van der Waals surface area contributed by atoms with Gasteiger partial charge >= 0.3 is 0 Å². The van der Waals surface area contributed by atoms with Crippen molar-refractivity contribution in [2.24, 2.45) is 4.99 Å². The molecule has 32 heavy (non-hydrogen) atoms. The number of hydrogen-bond acceptors (Lipinski definition) is 5. The Balaban J connectivity index is 0.00000289. The second kappa shape index (κ2) is 11.8. The summed E-state index contributed by atoms with van der Waals surface area (Å²) in [6.45, 7) is 2.50. The van der Waals surface area contributed by atoms with Gasteiger partial charge in [0.25, 0.3) is 0 Å². The number of benzene rings is 2. The Bertz CT molecular complexity index is 1010. The minimum absolute atomic E-state index is 0. The summed E-state index contributed by atoms with van der Waals surface area (Å²) in [4.78, 5) is 11.3. The topological polar surface area (TPSA) is 74.9 Å². The Labute approximate surface area is 206 Å². The van der Waals surface area contributed by atoms with Crippen LogP contribution in [0.25, 0.3) is 11.5 Å². The number of anilines is 1. The number of methoxy groups -OCH3 is 1. The van der Waals surface area contributed by atoms with Crippen LogP contribution in [-0.2, 0) is 6.54 Å². The van der Waals surface area contributed by atoms with Gasteiger partial charge in [0.2, 0.25) is 5.89 Å². The fourth-order valence-electron chi connectivity index (χ4n) is 3.80. The molecule has 1 aliphatic heterocycles. The Hall–Kier alpha value is -2.75. The van der Waals surface area contributed by atoms with E-state index >= 15 is 0 Å². The molecule has 170 valence electrons. The van der Waals surface area contributed by atoms with E-state index in [9.17, 15) is 0 Å². The van der Waals surface area contributed by atoms with Crippen LogP contribution < -0.4 is 20.3 Å². The highest BCUT2D eigenvalue weighted by Crippen LogP contribution is 2.24. The standard InChI is InChI=1S/C24H29N5O2.HI/c1-25-24(26-15-20-17-31-23(27-20)18-8-4-3-5-9-18)28-19-10-7-13-29(16-19)21-11-6-12-22(14-21)30-2;/h3-6,8-9,11-12,14,17,19H,7,10,13,15-16H2,1-2H3,(H2,25,26,28);1H. The molecule has 1 aromatic heterocycles. The highest BCUT2D eigenvalue weighted by atomic mass is 127. The Morgan fingerprint density at radius 3 is 2.84 bits per heavy atom. The summed E-state index contributed by atoms with van der Waals surface area (Å²) in [5.41, 5.74) is 2.99. The van der Waals surface area contributed by atoms with Crippen molar-refractivity contribution in [1.82, 2.24) is 15.6 Å². The molecule has 0 spiro atoms. The highest BCUT2D eigenvalue weighted by Gasteiger charge is 2.21. The Morgan fingerprint density at radius 2 is 2.06 bits per heavy atom. The van der Waals surface area contributed by atoms with E-state index in [0.29, 0.717) is 18.5 Å². The molecule has 0 amide bonds. The third-order valence-corrected chi connectivity index (χ3v) is 5.41. The average molecular weight is 547 g/mol. The lowest BCUT2D eigenvalue weighted by molar-refractivity contribution is 0.414. The summed E-state index contributed by atoms with van der Waals surface area (Å²) in [6, 6.07) is 18.4. The van der Waals surface area contributed by atoms with Gasteiger partial charge in [-0.25, -0.2) is 4.98 Å². The molecule has 2 heterocycles. The minimum Gasteiger partial charge on any atom is -0.497 e. The van der Waals surface area contributed by atoms with Gasteiger partial charge in [-0.15, -0.1) is 24.0 Å². The third kappa shape index (κ3) is 6.15. The van der Waals surface area contributed by atoms with Crippen molar-refractivity contribution in [3.05, 3.63) is 66.6 Å². The third-order valence-electron chi connectivity index (χ3n) is 5.41. The summed E-state index contributed by atoms with van der Waals surface area (Å²) < 4.78 is 11.0. The number of ether oxygens (including phenoxy) is 1. The zero-order chi connectivity index (χ0) is 21.5. The Morgan fingerprint density at radius 1 is 1.22 bits per heavy atom. The van der Waals surface area contributed by atoms with Crippen molar-refractivity contribution >= 4 is 35.6 Å². The number of aromatic nitrogens is 1. The van der Waals surface area contributed by atoms with Crippen LogP contribution >= 0.6 is 24.0 Å². The molecule has 1 aliphatic rings. The van der Waals surface area contributed by atoms with Gasteiger partial charge in [0.1, 0.15) is 12.0 Å². The van der Waals surface area contributed by atoms with Crippen LogP contribution in [-0.4, -0.2) is 44.2 Å². The lowest BCUT2D eigenvalue weighted by Crippen LogP contribution is -2.51. The summed E-state index contributed by atoms with van der Waals surface area (Å²) in [7, 11) is 3.49. The molecular formula is C24H30IN5O2. The second-order valence-corrected chi connectivity index (χ2v) is 7.57. The number of hydrogen-bond donors (Lipinski definition) is 2. The molecule has 1 unspecified atom stereocenters. The van der Waals surface area contributed by atoms with Crippen molar-refractivity contribution in [2.75, 3.05) is 32.1 Å². The summed E-state index contributed by atoms with van der Waals surface area (Å²) >= 11 is 0. The molecule has 1 atom stereocenters. The van der Waals surface area contributed by atoms with E-state index < -0.39 is 0 Å². The number of piperidine rings is 1. The maximum Gasteiger partial charge on any atom is 0.226 e. The minimum atomic E-state index is 0. The van der Waals surface area contributed by atoms with Crippen LogP contribution in [0.2, 0.25) is 0 Å². The molecule has 1 saturated heterocycles. The normalized spacial score (nSPS) is 16.2. The van der Waals surface area contributed by atoms with E-state index in [-0.39, 0.29) is 24.0 Å². The number of halogens is 1. The fourth-order valence-corrected chi connectivity index (χ4v) is 3.80. The smallest absolute Gasteiger partial charge is 0.226 e. The average Bonchev–Trinajstić information content (AvgIpc) is 3.31. The first-order chi connectivity index (χ1) is 15.2. The van der Waals surface area contributed by atoms with Gasteiger partial charge in [-0.3, -0.25) is 4.99 Å². The zero-order valence-corrected chi connectivity index (χ0v) is 20.8. The number of guanidine groups is 1. The van der Waals surface area contributed by atoms with Crippen LogP contribution in [0.5, 0.6) is 5.75 Å². The van der Waals surface area contributed by atoms with Crippen molar-refractivity contribution in [3.8, 4) is 17.2 Å². The van der Waals surface area contributed by atoms with Crippen molar-refractivity contribution in [1.29, 1.82) is 0 Å². The van der Waals surface area contributed by atoms with Crippen molar-refractivity contribution in [2.45, 2.75) is 25.4 Å². The largest absolute Gasteiger partial charge is 0.497 e. The first kappa shape index (κ1) is 23.9. The van der Waals surface area contributed by atoms with Crippen molar-refractivity contribution in [3.63, 3.8) is 0 Å².